The van der Waals surface area contributed by atoms with E-state index in [1.807, 2.05) is 54.6 Å². The molecule has 3 atom stereocenters. The summed E-state index contributed by atoms with van der Waals surface area (Å²) in [7, 11) is 0. The second kappa shape index (κ2) is 16.5. The summed E-state index contributed by atoms with van der Waals surface area (Å²) in [6.07, 6.45) is 8.63. The Bertz CT molecular complexity index is 1130. The Kier molecular flexibility index (Phi) is 12.5. The molecule has 1 heterocycles. The fraction of sp³-hybridized carbons (Fsp3) is 0.515. The van der Waals surface area contributed by atoms with Gasteiger partial charge in [0.25, 0.3) is 0 Å². The van der Waals surface area contributed by atoms with Gasteiger partial charge in [0.2, 0.25) is 11.8 Å². The van der Waals surface area contributed by atoms with Gasteiger partial charge in [0.15, 0.2) is 6.29 Å². The minimum absolute atomic E-state index is 0.00816. The molecule has 4 rings (SSSR count). The van der Waals surface area contributed by atoms with Crippen LogP contribution in [0.4, 0.5) is 0 Å². The third-order valence-corrected chi connectivity index (χ3v) is 8.18. The third kappa shape index (κ3) is 9.47. The quantitative estimate of drug-likeness (QED) is 0.103. The van der Waals surface area contributed by atoms with Crippen molar-refractivity contribution in [1.29, 1.82) is 0 Å². The molecule has 0 aromatic heterocycles. The summed E-state index contributed by atoms with van der Waals surface area (Å²) in [4.78, 5) is 25.8. The fourth-order valence-electron chi connectivity index (χ4n) is 5.81. The predicted octanol–water partition coefficient (Wildman–Crippen LogP) is 4.84. The first-order chi connectivity index (χ1) is 20.5. The molecular weight excluding hydrogens is 534 g/mol. The van der Waals surface area contributed by atoms with Crippen molar-refractivity contribution in [3.8, 4) is 0 Å². The van der Waals surface area contributed by atoms with E-state index in [2.05, 4.69) is 16.8 Å². The Morgan fingerprint density at radius 1 is 0.929 bits per heavy atom. The number of aliphatic hydroxyl groups is 1. The molecule has 2 aromatic carbocycles. The molecule has 2 amide bonds. The molecule has 2 aromatic rings. The largest absolute Gasteiger partial charge is 0.392 e. The molecule has 1 saturated carbocycles. The van der Waals surface area contributed by atoms with Crippen LogP contribution in [0.3, 0.4) is 0 Å². The Balaban J connectivity index is 1.39. The van der Waals surface area contributed by atoms with Gasteiger partial charge in [0, 0.05) is 50.5 Å². The van der Waals surface area contributed by atoms with Gasteiger partial charge in [-0.15, -0.1) is 6.58 Å². The van der Waals surface area contributed by atoms with Gasteiger partial charge in [-0.25, -0.2) is 5.48 Å². The third-order valence-electron chi connectivity index (χ3n) is 8.18. The first kappa shape index (κ1) is 31.8. The lowest BCUT2D eigenvalue weighted by atomic mass is 9.99. The second-order valence-electron chi connectivity index (χ2n) is 11.3. The van der Waals surface area contributed by atoms with Gasteiger partial charge in [0.05, 0.1) is 18.8 Å². The average molecular weight is 580 g/mol. The zero-order chi connectivity index (χ0) is 29.7. The zero-order valence-electron chi connectivity index (χ0n) is 24.4. The highest BCUT2D eigenvalue weighted by Gasteiger charge is 2.34. The van der Waals surface area contributed by atoms with Crippen molar-refractivity contribution < 1.29 is 29.4 Å². The molecule has 0 radical (unpaired) electrons. The molecule has 9 heteroatoms. The molecule has 0 unspecified atom stereocenters. The lowest BCUT2D eigenvalue weighted by Gasteiger charge is -2.39. The van der Waals surface area contributed by atoms with Gasteiger partial charge in [-0.2, -0.15) is 0 Å². The molecule has 2 fully saturated rings. The highest BCUT2D eigenvalue weighted by molar-refractivity contribution is 5.76. The normalized spacial score (nSPS) is 20.9. The number of nitrogens with zero attached hydrogens (tertiary/aromatic N) is 1. The number of hydrogen-bond donors (Lipinski definition) is 4. The van der Waals surface area contributed by atoms with Crippen molar-refractivity contribution >= 4 is 11.8 Å². The van der Waals surface area contributed by atoms with Crippen LogP contribution in [0.5, 0.6) is 0 Å². The number of benzene rings is 2. The summed E-state index contributed by atoms with van der Waals surface area (Å²) >= 11 is 0. The lowest BCUT2D eigenvalue weighted by molar-refractivity contribution is -0.253. The Labute approximate surface area is 248 Å². The summed E-state index contributed by atoms with van der Waals surface area (Å²) < 4.78 is 13.1. The maximum absolute atomic E-state index is 12.2. The summed E-state index contributed by atoms with van der Waals surface area (Å²) in [6.45, 7) is 6.06. The van der Waals surface area contributed by atoms with E-state index in [0.29, 0.717) is 31.8 Å². The van der Waals surface area contributed by atoms with E-state index in [1.165, 1.54) is 25.7 Å². The number of ether oxygens (including phenoxy) is 2. The van der Waals surface area contributed by atoms with Gasteiger partial charge in [-0.1, -0.05) is 67.4 Å². The summed E-state index contributed by atoms with van der Waals surface area (Å²) in [6, 6.07) is 16.4. The number of nitrogens with one attached hydrogen (secondary N) is 2. The zero-order valence-corrected chi connectivity index (χ0v) is 24.4. The number of hydroxylamine groups is 1. The highest BCUT2D eigenvalue weighted by Crippen LogP contribution is 2.38. The van der Waals surface area contributed by atoms with E-state index < -0.39 is 12.2 Å². The summed E-state index contributed by atoms with van der Waals surface area (Å²) in [5.74, 6) is -0.520. The first-order valence-electron chi connectivity index (χ1n) is 15.1. The van der Waals surface area contributed by atoms with Crippen molar-refractivity contribution in [1.82, 2.24) is 15.7 Å². The topological polar surface area (TPSA) is 120 Å². The number of rotatable bonds is 15. The maximum Gasteiger partial charge on any atom is 0.243 e. The molecule has 0 bridgehead atoms. The number of hydrogen-bond acceptors (Lipinski definition) is 7. The molecule has 0 spiro atoms. The van der Waals surface area contributed by atoms with Crippen LogP contribution in [-0.4, -0.2) is 52.3 Å². The number of aliphatic hydroxyl groups excluding tert-OH is 1. The minimum atomic E-state index is -0.528. The maximum atomic E-state index is 12.2. The van der Waals surface area contributed by atoms with Crippen LogP contribution in [0.1, 0.15) is 92.4 Å². The Hall–Kier alpha value is -3.08. The molecule has 228 valence electrons. The molecule has 2 aliphatic rings. The van der Waals surface area contributed by atoms with Crippen LogP contribution in [0.25, 0.3) is 0 Å². The summed E-state index contributed by atoms with van der Waals surface area (Å²) in [5, 5.41) is 20.9. The van der Waals surface area contributed by atoms with E-state index in [-0.39, 0.29) is 31.1 Å². The van der Waals surface area contributed by atoms with Gasteiger partial charge in [-0.05, 0) is 42.4 Å². The van der Waals surface area contributed by atoms with Crippen molar-refractivity contribution in [2.24, 2.45) is 0 Å². The average Bonchev–Trinajstić information content (AvgIpc) is 3.57. The first-order valence-corrected chi connectivity index (χ1v) is 15.1. The number of unbranched alkanes of at least 4 members (excludes halogenated alkanes) is 1. The number of carbonyl (C=O) groups is 2. The predicted molar refractivity (Wildman–Crippen MR) is 159 cm³/mol. The minimum Gasteiger partial charge on any atom is -0.392 e. The summed E-state index contributed by atoms with van der Waals surface area (Å²) in [5.41, 5.74) is 5.42. The SMILES string of the molecule is C=CCN(C[C@H]1C[C@@H](c2ccc(CO)cc2)O[C@@H](c2ccc(CNC(=O)CCCCC(=O)NO)cc2)O1)C1CCCC1. The Morgan fingerprint density at radius 2 is 1.57 bits per heavy atom. The van der Waals surface area contributed by atoms with Gasteiger partial charge >= 0.3 is 0 Å². The van der Waals surface area contributed by atoms with E-state index in [0.717, 1.165) is 41.8 Å². The van der Waals surface area contributed by atoms with E-state index >= 15 is 0 Å². The van der Waals surface area contributed by atoms with E-state index in [4.69, 9.17) is 14.7 Å². The molecule has 42 heavy (non-hydrogen) atoms. The standard InChI is InChI=1S/C33H45N3O6/c1-2-19-36(28-7-3-4-8-28)22-29-20-30(26-15-13-25(23-37)14-16-26)42-33(41-29)27-17-11-24(12-18-27)21-34-31(38)9-5-6-10-32(39)35-40/h2,11-18,28-30,33,37,40H,1,3-10,19-23H2,(H,34,38)(H,35,39)/t29-,30+,33+/m1/s1. The molecule has 9 nitrogen and oxygen atoms in total. The van der Waals surface area contributed by atoms with Crippen molar-refractivity contribution in [3.05, 3.63) is 83.4 Å². The van der Waals surface area contributed by atoms with E-state index in [9.17, 15) is 14.7 Å². The van der Waals surface area contributed by atoms with Gasteiger partial charge < -0.3 is 19.9 Å². The van der Waals surface area contributed by atoms with Crippen LogP contribution in [0.15, 0.2) is 61.2 Å². The monoisotopic (exact) mass is 579 g/mol. The van der Waals surface area contributed by atoms with Crippen LogP contribution in [0, 0.1) is 0 Å². The van der Waals surface area contributed by atoms with E-state index in [1.54, 1.807) is 5.48 Å². The van der Waals surface area contributed by atoms with Gasteiger partial charge in [-0.3, -0.25) is 19.7 Å². The molecule has 1 saturated heterocycles. The molecule has 4 N–H and O–H groups in total. The van der Waals surface area contributed by atoms with Crippen LogP contribution < -0.4 is 10.8 Å². The van der Waals surface area contributed by atoms with Crippen molar-refractivity contribution in [3.63, 3.8) is 0 Å². The fourth-order valence-corrected chi connectivity index (χ4v) is 5.81. The molecule has 1 aliphatic carbocycles. The second-order valence-corrected chi connectivity index (χ2v) is 11.3. The highest BCUT2D eigenvalue weighted by atomic mass is 16.7. The van der Waals surface area contributed by atoms with Crippen molar-refractivity contribution in [2.75, 3.05) is 13.1 Å². The number of carbonyl (C=O) groups excluding carboxylic acids is 2. The van der Waals surface area contributed by atoms with Crippen LogP contribution in [0.2, 0.25) is 0 Å². The van der Waals surface area contributed by atoms with Crippen LogP contribution in [-0.2, 0) is 32.2 Å². The number of amides is 2. The molecule has 1 aliphatic heterocycles. The van der Waals surface area contributed by atoms with Crippen LogP contribution >= 0.6 is 0 Å². The van der Waals surface area contributed by atoms with Crippen molar-refractivity contribution in [2.45, 2.75) is 95.5 Å². The smallest absolute Gasteiger partial charge is 0.243 e. The lowest BCUT2D eigenvalue weighted by Crippen LogP contribution is -2.43. The molecular formula is C33H45N3O6. The Morgan fingerprint density at radius 3 is 2.21 bits per heavy atom. The van der Waals surface area contributed by atoms with Gasteiger partial charge in [0.1, 0.15) is 0 Å².